The number of nitrogens with zero attached hydrogens (tertiary/aromatic N) is 2. The van der Waals surface area contributed by atoms with E-state index in [9.17, 15) is 9.18 Å². The first-order valence-electron chi connectivity index (χ1n) is 8.17. The Kier molecular flexibility index (Phi) is 5.20. The number of hydrogen-bond acceptors (Lipinski definition) is 4. The van der Waals surface area contributed by atoms with Gasteiger partial charge in [-0.1, -0.05) is 54.2 Å². The van der Waals surface area contributed by atoms with Gasteiger partial charge in [0.2, 0.25) is 5.91 Å². The number of halogens is 1. The molecule has 3 rings (SSSR count). The number of rotatable bonds is 5. The van der Waals surface area contributed by atoms with Gasteiger partial charge in [0.1, 0.15) is 15.7 Å². The molecule has 0 radical (unpaired) electrons. The van der Waals surface area contributed by atoms with Crippen LogP contribution in [0, 0.1) is 5.82 Å². The fraction of sp³-hybridized carbons (Fsp3) is 0.263. The van der Waals surface area contributed by atoms with Crippen LogP contribution >= 0.6 is 11.8 Å². The predicted octanol–water partition coefficient (Wildman–Crippen LogP) is 3.67. The third-order valence-electron chi connectivity index (χ3n) is 4.11. The Bertz CT molecular complexity index is 796. The van der Waals surface area contributed by atoms with Gasteiger partial charge in [-0.25, -0.2) is 9.40 Å². The van der Waals surface area contributed by atoms with Crippen molar-refractivity contribution in [3.05, 3.63) is 71.5 Å². The summed E-state index contributed by atoms with van der Waals surface area (Å²) in [4.78, 5) is 11.7. The zero-order valence-corrected chi connectivity index (χ0v) is 14.8. The second kappa shape index (κ2) is 7.37. The maximum Gasteiger partial charge on any atom is 0.241 e. The molecule has 0 fully saturated rings. The number of nitrogens with two attached hydrogens (primary N) is 1. The molecule has 4 nitrogen and oxygen atoms in total. The van der Waals surface area contributed by atoms with Gasteiger partial charge in [-0.2, -0.15) is 5.10 Å². The molecule has 130 valence electrons. The Morgan fingerprint density at radius 3 is 2.64 bits per heavy atom. The highest BCUT2D eigenvalue weighted by molar-refractivity contribution is 8.15. The molecule has 0 spiro atoms. The monoisotopic (exact) mass is 357 g/mol. The van der Waals surface area contributed by atoms with Crippen molar-refractivity contribution in [1.82, 2.24) is 5.01 Å². The van der Waals surface area contributed by atoms with E-state index in [1.165, 1.54) is 35.8 Å². The zero-order valence-electron chi connectivity index (χ0n) is 14.0. The van der Waals surface area contributed by atoms with Crippen LogP contribution in [-0.2, 0) is 9.67 Å². The summed E-state index contributed by atoms with van der Waals surface area (Å²) < 4.78 is 13.6. The summed E-state index contributed by atoms with van der Waals surface area (Å²) >= 11 is 1.48. The van der Waals surface area contributed by atoms with Crippen LogP contribution < -0.4 is 5.73 Å². The van der Waals surface area contributed by atoms with Crippen LogP contribution in [0.2, 0.25) is 0 Å². The second-order valence-electron chi connectivity index (χ2n) is 5.89. The molecule has 0 saturated heterocycles. The van der Waals surface area contributed by atoms with Crippen LogP contribution in [0.5, 0.6) is 0 Å². The maximum atomic E-state index is 13.6. The van der Waals surface area contributed by atoms with Gasteiger partial charge in [-0.15, -0.1) is 0 Å². The third kappa shape index (κ3) is 3.45. The minimum atomic E-state index is -0.659. The molecule has 0 aliphatic carbocycles. The number of hydrogen-bond donors (Lipinski definition) is 1. The highest BCUT2D eigenvalue weighted by Gasteiger charge is 2.47. The highest BCUT2D eigenvalue weighted by atomic mass is 32.2. The van der Waals surface area contributed by atoms with Crippen molar-refractivity contribution in [3.63, 3.8) is 0 Å². The Labute approximate surface area is 150 Å². The lowest BCUT2D eigenvalue weighted by atomic mass is 10.0. The molecular formula is C19H20FN3OS. The summed E-state index contributed by atoms with van der Waals surface area (Å²) in [5, 5.41) is 6.69. The predicted molar refractivity (Wildman–Crippen MR) is 99.5 cm³/mol. The van der Waals surface area contributed by atoms with E-state index >= 15 is 0 Å². The minimum Gasteiger partial charge on any atom is -0.330 e. The Morgan fingerprint density at radius 2 is 2.00 bits per heavy atom. The van der Waals surface area contributed by atoms with Crippen molar-refractivity contribution in [1.29, 1.82) is 0 Å². The Balaban J connectivity index is 2.07. The van der Waals surface area contributed by atoms with Crippen molar-refractivity contribution in [2.75, 3.05) is 6.54 Å². The molecule has 1 aliphatic rings. The summed E-state index contributed by atoms with van der Waals surface area (Å²) in [5.41, 5.74) is 7.38. The molecule has 0 bridgehead atoms. The molecular weight excluding hydrogens is 337 g/mol. The van der Waals surface area contributed by atoms with Gasteiger partial charge in [-0.3, -0.25) is 4.79 Å². The van der Waals surface area contributed by atoms with Crippen molar-refractivity contribution in [3.8, 4) is 0 Å². The lowest BCUT2D eigenvalue weighted by molar-refractivity contribution is -0.132. The summed E-state index contributed by atoms with van der Waals surface area (Å²) in [6, 6.07) is 16.1. The summed E-state index contributed by atoms with van der Waals surface area (Å²) in [6.07, 6.45) is 1.41. The van der Waals surface area contributed by atoms with Crippen LogP contribution in [0.3, 0.4) is 0 Å². The van der Waals surface area contributed by atoms with Gasteiger partial charge in [0, 0.05) is 12.5 Å². The smallest absolute Gasteiger partial charge is 0.241 e. The number of thioether (sulfide) groups is 1. The van der Waals surface area contributed by atoms with Gasteiger partial charge in [0.15, 0.2) is 0 Å². The van der Waals surface area contributed by atoms with E-state index in [1.807, 2.05) is 30.3 Å². The molecule has 0 saturated carbocycles. The molecule has 6 heteroatoms. The normalized spacial score (nSPS) is 19.8. The van der Waals surface area contributed by atoms with Gasteiger partial charge >= 0.3 is 0 Å². The van der Waals surface area contributed by atoms with Crippen LogP contribution in [0.1, 0.15) is 30.9 Å². The van der Waals surface area contributed by atoms with Gasteiger partial charge in [-0.05, 0) is 37.1 Å². The SMILES string of the molecule is CC(=O)N1N=C(c2cccc(F)c2)SC1(CCCN)c1ccccc1. The Morgan fingerprint density at radius 1 is 1.24 bits per heavy atom. The van der Waals surface area contributed by atoms with Crippen molar-refractivity contribution < 1.29 is 9.18 Å². The van der Waals surface area contributed by atoms with Crippen LogP contribution in [-0.4, -0.2) is 22.5 Å². The topological polar surface area (TPSA) is 58.7 Å². The summed E-state index contributed by atoms with van der Waals surface area (Å²) in [7, 11) is 0. The summed E-state index contributed by atoms with van der Waals surface area (Å²) in [5.74, 6) is -0.478. The fourth-order valence-electron chi connectivity index (χ4n) is 2.98. The van der Waals surface area contributed by atoms with E-state index in [0.717, 1.165) is 12.0 Å². The van der Waals surface area contributed by atoms with E-state index < -0.39 is 4.87 Å². The quantitative estimate of drug-likeness (QED) is 0.888. The van der Waals surface area contributed by atoms with Crippen LogP contribution in [0.15, 0.2) is 59.7 Å². The summed E-state index contributed by atoms with van der Waals surface area (Å²) in [6.45, 7) is 2.02. The van der Waals surface area contributed by atoms with Crippen LogP contribution in [0.4, 0.5) is 4.39 Å². The van der Waals surface area contributed by atoms with Crippen molar-refractivity contribution in [2.45, 2.75) is 24.6 Å². The second-order valence-corrected chi connectivity index (χ2v) is 7.16. The molecule has 2 aromatic carbocycles. The molecule has 2 aromatic rings. The van der Waals surface area contributed by atoms with Crippen LogP contribution in [0.25, 0.3) is 0 Å². The molecule has 1 unspecified atom stereocenters. The number of carbonyl (C=O) groups is 1. The first-order chi connectivity index (χ1) is 12.1. The largest absolute Gasteiger partial charge is 0.330 e. The number of hydrazone groups is 1. The number of carbonyl (C=O) groups excluding carboxylic acids is 1. The van der Waals surface area contributed by atoms with Gasteiger partial charge in [0.25, 0.3) is 0 Å². The molecule has 1 atom stereocenters. The Hall–Kier alpha value is -2.18. The number of benzene rings is 2. The van der Waals surface area contributed by atoms with E-state index in [-0.39, 0.29) is 11.7 Å². The molecule has 1 aliphatic heterocycles. The van der Waals surface area contributed by atoms with E-state index in [1.54, 1.807) is 12.1 Å². The lowest BCUT2D eigenvalue weighted by Crippen LogP contribution is -2.40. The van der Waals surface area contributed by atoms with Crippen molar-refractivity contribution >= 4 is 22.7 Å². The maximum absolute atomic E-state index is 13.6. The molecule has 0 aromatic heterocycles. The van der Waals surface area contributed by atoms with E-state index in [0.29, 0.717) is 23.6 Å². The fourth-order valence-corrected chi connectivity index (χ4v) is 4.42. The van der Waals surface area contributed by atoms with E-state index in [2.05, 4.69) is 5.10 Å². The molecule has 25 heavy (non-hydrogen) atoms. The lowest BCUT2D eigenvalue weighted by Gasteiger charge is -2.35. The van der Waals surface area contributed by atoms with Gasteiger partial charge in [0.05, 0.1) is 0 Å². The molecule has 1 heterocycles. The minimum absolute atomic E-state index is 0.153. The standard InChI is InChI=1S/C19H20FN3OS/c1-14(24)23-19(11-6-12-21,16-8-3-2-4-9-16)25-18(22-23)15-7-5-10-17(20)13-15/h2-5,7-10,13H,6,11-12,21H2,1H3. The van der Waals surface area contributed by atoms with Crippen molar-refractivity contribution in [2.24, 2.45) is 10.8 Å². The first kappa shape index (κ1) is 17.6. The van der Waals surface area contributed by atoms with E-state index in [4.69, 9.17) is 5.73 Å². The average Bonchev–Trinajstić information content (AvgIpc) is 3.02. The first-order valence-corrected chi connectivity index (χ1v) is 8.98. The number of amides is 1. The average molecular weight is 357 g/mol. The highest BCUT2D eigenvalue weighted by Crippen LogP contribution is 2.50. The molecule has 2 N–H and O–H groups in total. The molecule has 1 amide bonds. The third-order valence-corrected chi connectivity index (χ3v) is 5.57. The zero-order chi connectivity index (χ0) is 17.9. The van der Waals surface area contributed by atoms with Gasteiger partial charge < -0.3 is 5.73 Å².